The molecule has 3 rings (SSSR count). The minimum Gasteiger partial charge on any atom is -0.394 e. The maximum absolute atomic E-state index is 9.69. The predicted molar refractivity (Wildman–Crippen MR) is 64.9 cm³/mol. The molecule has 1 saturated heterocycles. The topological polar surface area (TPSA) is 62.6 Å². The van der Waals surface area contributed by atoms with E-state index < -0.39 is 12.2 Å². The van der Waals surface area contributed by atoms with Crippen molar-refractivity contribution in [3.05, 3.63) is 29.3 Å². The van der Waals surface area contributed by atoms with E-state index in [9.17, 15) is 5.11 Å². The third-order valence-corrected chi connectivity index (χ3v) is 4.12. The van der Waals surface area contributed by atoms with Crippen molar-refractivity contribution < 1.29 is 14.9 Å². The van der Waals surface area contributed by atoms with Crippen LogP contribution in [0.3, 0.4) is 0 Å². The lowest BCUT2D eigenvalue weighted by Crippen LogP contribution is -2.24. The van der Waals surface area contributed by atoms with Crippen LogP contribution in [0.25, 0.3) is 10.2 Å². The van der Waals surface area contributed by atoms with E-state index in [2.05, 4.69) is 4.98 Å². The Morgan fingerprint density at radius 2 is 2.24 bits per heavy atom. The number of aliphatic hydroxyl groups excluding tert-OH is 2. The SMILES string of the molecule is OC[C@H]1OC(c2nc3ccccc3s2)C[C@@H]1O. The molecule has 0 bridgehead atoms. The second-order valence-electron chi connectivity index (χ2n) is 4.17. The van der Waals surface area contributed by atoms with Gasteiger partial charge in [0, 0.05) is 6.42 Å². The van der Waals surface area contributed by atoms with Crippen LogP contribution in [0.5, 0.6) is 0 Å². The highest BCUT2D eigenvalue weighted by Crippen LogP contribution is 2.36. The Labute approximate surface area is 102 Å². The molecular weight excluding hydrogens is 238 g/mol. The summed E-state index contributed by atoms with van der Waals surface area (Å²) in [6.45, 7) is -0.150. The summed E-state index contributed by atoms with van der Waals surface area (Å²) in [5, 5.41) is 19.6. The third kappa shape index (κ3) is 1.95. The Morgan fingerprint density at radius 3 is 2.94 bits per heavy atom. The van der Waals surface area contributed by atoms with Crippen LogP contribution >= 0.6 is 11.3 Å². The van der Waals surface area contributed by atoms with Gasteiger partial charge in [0.05, 0.1) is 22.9 Å². The van der Waals surface area contributed by atoms with Crippen molar-refractivity contribution >= 4 is 21.6 Å². The fraction of sp³-hybridized carbons (Fsp3) is 0.417. The molecule has 2 N–H and O–H groups in total. The molecule has 3 atom stereocenters. The van der Waals surface area contributed by atoms with Gasteiger partial charge >= 0.3 is 0 Å². The Bertz CT molecular complexity index is 494. The number of hydrogen-bond acceptors (Lipinski definition) is 5. The quantitative estimate of drug-likeness (QED) is 0.848. The highest BCUT2D eigenvalue weighted by Gasteiger charge is 2.35. The number of rotatable bonds is 2. The lowest BCUT2D eigenvalue weighted by molar-refractivity contribution is -0.0225. The first-order chi connectivity index (χ1) is 8.28. The summed E-state index contributed by atoms with van der Waals surface area (Å²) in [6.07, 6.45) is -0.769. The molecule has 1 aliphatic rings. The van der Waals surface area contributed by atoms with Crippen LogP contribution in [0.4, 0.5) is 0 Å². The zero-order valence-corrected chi connectivity index (χ0v) is 9.93. The molecule has 17 heavy (non-hydrogen) atoms. The summed E-state index contributed by atoms with van der Waals surface area (Å²) < 4.78 is 6.70. The average Bonchev–Trinajstić information content (AvgIpc) is 2.91. The first-order valence-electron chi connectivity index (χ1n) is 5.58. The molecule has 0 aliphatic carbocycles. The largest absolute Gasteiger partial charge is 0.394 e. The Morgan fingerprint density at radius 1 is 1.41 bits per heavy atom. The van der Waals surface area contributed by atoms with E-state index in [1.54, 1.807) is 11.3 Å². The highest BCUT2D eigenvalue weighted by atomic mass is 32.1. The van der Waals surface area contributed by atoms with Gasteiger partial charge in [0.15, 0.2) is 0 Å². The molecule has 2 aromatic rings. The van der Waals surface area contributed by atoms with Crippen LogP contribution in [-0.4, -0.2) is 34.0 Å². The van der Waals surface area contributed by atoms with Crippen molar-refractivity contribution in [1.29, 1.82) is 0 Å². The van der Waals surface area contributed by atoms with Crippen molar-refractivity contribution in [3.63, 3.8) is 0 Å². The second kappa shape index (κ2) is 4.34. The van der Waals surface area contributed by atoms with E-state index in [-0.39, 0.29) is 12.7 Å². The third-order valence-electron chi connectivity index (χ3n) is 2.99. The number of para-hydroxylation sites is 1. The molecule has 0 radical (unpaired) electrons. The van der Waals surface area contributed by atoms with E-state index in [1.807, 2.05) is 24.3 Å². The van der Waals surface area contributed by atoms with Crippen molar-refractivity contribution in [2.45, 2.75) is 24.7 Å². The van der Waals surface area contributed by atoms with Gasteiger partial charge in [-0.25, -0.2) is 4.98 Å². The van der Waals surface area contributed by atoms with Crippen LogP contribution in [0, 0.1) is 0 Å². The standard InChI is InChI=1S/C12H13NO3S/c14-6-10-8(15)5-9(16-10)12-13-7-3-1-2-4-11(7)17-12/h1-4,8-10,14-15H,5-6H2/t8-,9?,10+/m0/s1. The minimum atomic E-state index is -0.600. The van der Waals surface area contributed by atoms with Gasteiger partial charge in [-0.05, 0) is 12.1 Å². The average molecular weight is 251 g/mol. The molecule has 90 valence electrons. The highest BCUT2D eigenvalue weighted by molar-refractivity contribution is 7.18. The van der Waals surface area contributed by atoms with Crippen LogP contribution in [-0.2, 0) is 4.74 Å². The molecule has 1 fully saturated rings. The molecule has 0 spiro atoms. The van der Waals surface area contributed by atoms with Crippen molar-refractivity contribution in [2.24, 2.45) is 0 Å². The van der Waals surface area contributed by atoms with Gasteiger partial charge < -0.3 is 14.9 Å². The molecule has 1 aliphatic heterocycles. The fourth-order valence-electron chi connectivity index (χ4n) is 2.08. The molecule has 1 aromatic heterocycles. The molecule has 5 heteroatoms. The Kier molecular flexibility index (Phi) is 2.84. The number of thiazole rings is 1. The number of hydrogen-bond donors (Lipinski definition) is 2. The Balaban J connectivity index is 1.89. The molecule has 0 saturated carbocycles. The number of nitrogens with zero attached hydrogens (tertiary/aromatic N) is 1. The zero-order chi connectivity index (χ0) is 11.8. The molecule has 0 amide bonds. The summed E-state index contributed by atoms with van der Waals surface area (Å²) in [7, 11) is 0. The molecule has 2 heterocycles. The summed E-state index contributed by atoms with van der Waals surface area (Å²) >= 11 is 1.58. The van der Waals surface area contributed by atoms with Gasteiger partial charge in [-0.1, -0.05) is 12.1 Å². The van der Waals surface area contributed by atoms with Crippen molar-refractivity contribution in [2.75, 3.05) is 6.61 Å². The lowest BCUT2D eigenvalue weighted by atomic mass is 10.1. The number of benzene rings is 1. The normalized spacial score (nSPS) is 28.9. The first-order valence-corrected chi connectivity index (χ1v) is 6.39. The Hall–Kier alpha value is -1.01. The van der Waals surface area contributed by atoms with Crippen LogP contribution in [0.1, 0.15) is 17.5 Å². The van der Waals surface area contributed by atoms with E-state index >= 15 is 0 Å². The second-order valence-corrected chi connectivity index (χ2v) is 5.23. The maximum Gasteiger partial charge on any atom is 0.123 e. The summed E-state index contributed by atoms with van der Waals surface area (Å²) in [5.74, 6) is 0. The molecule has 1 unspecified atom stereocenters. The van der Waals surface area contributed by atoms with Crippen molar-refractivity contribution in [1.82, 2.24) is 4.98 Å². The molecular formula is C12H13NO3S. The van der Waals surface area contributed by atoms with E-state index in [4.69, 9.17) is 9.84 Å². The lowest BCUT2D eigenvalue weighted by Gasteiger charge is -2.09. The smallest absolute Gasteiger partial charge is 0.123 e. The molecule has 1 aromatic carbocycles. The fourth-order valence-corrected chi connectivity index (χ4v) is 3.10. The number of aliphatic hydroxyl groups is 2. The van der Waals surface area contributed by atoms with Crippen LogP contribution in [0.15, 0.2) is 24.3 Å². The zero-order valence-electron chi connectivity index (χ0n) is 9.11. The summed E-state index contributed by atoms with van der Waals surface area (Å²) in [5.41, 5.74) is 0.957. The van der Waals surface area contributed by atoms with Crippen LogP contribution in [0.2, 0.25) is 0 Å². The van der Waals surface area contributed by atoms with Crippen molar-refractivity contribution in [3.8, 4) is 0 Å². The van der Waals surface area contributed by atoms with E-state index in [0.29, 0.717) is 6.42 Å². The van der Waals surface area contributed by atoms with Gasteiger partial charge in [-0.15, -0.1) is 11.3 Å². The summed E-state index contributed by atoms with van der Waals surface area (Å²) in [4.78, 5) is 4.50. The summed E-state index contributed by atoms with van der Waals surface area (Å²) in [6, 6.07) is 7.91. The monoisotopic (exact) mass is 251 g/mol. The number of fused-ring (bicyclic) bond motifs is 1. The van der Waals surface area contributed by atoms with E-state index in [1.165, 1.54) is 0 Å². The molecule has 4 nitrogen and oxygen atoms in total. The van der Waals surface area contributed by atoms with Gasteiger partial charge in [-0.2, -0.15) is 0 Å². The van der Waals surface area contributed by atoms with Gasteiger partial charge in [-0.3, -0.25) is 0 Å². The first kappa shape index (κ1) is 11.1. The maximum atomic E-state index is 9.69. The van der Waals surface area contributed by atoms with Crippen LogP contribution < -0.4 is 0 Å². The number of ether oxygens (including phenoxy) is 1. The van der Waals surface area contributed by atoms with E-state index in [0.717, 1.165) is 15.2 Å². The van der Waals surface area contributed by atoms with Gasteiger partial charge in [0.1, 0.15) is 17.2 Å². The predicted octanol–water partition coefficient (Wildman–Crippen LogP) is 1.48. The van der Waals surface area contributed by atoms with Gasteiger partial charge in [0.25, 0.3) is 0 Å². The van der Waals surface area contributed by atoms with Gasteiger partial charge in [0.2, 0.25) is 0 Å². The number of aromatic nitrogens is 1. The minimum absolute atomic E-state index is 0.150.